The highest BCUT2D eigenvalue weighted by Crippen LogP contribution is 2.28. The molecule has 0 saturated heterocycles. The zero-order chi connectivity index (χ0) is 12.8. The number of amides is 1. The van der Waals surface area contributed by atoms with Crippen LogP contribution in [0.5, 0.6) is 0 Å². The fraction of sp³-hybridized carbons (Fsp3) is 0.923. The van der Waals surface area contributed by atoms with Crippen LogP contribution in [-0.4, -0.2) is 30.4 Å². The van der Waals surface area contributed by atoms with Gasteiger partial charge in [-0.1, -0.05) is 27.7 Å². The van der Waals surface area contributed by atoms with Gasteiger partial charge in [-0.15, -0.1) is 0 Å². The van der Waals surface area contributed by atoms with Crippen molar-refractivity contribution in [3.8, 4) is 0 Å². The smallest absolute Gasteiger partial charge is 0.230 e. The zero-order valence-corrected chi connectivity index (χ0v) is 11.5. The summed E-state index contributed by atoms with van der Waals surface area (Å²) in [5, 5.41) is 0. The summed E-state index contributed by atoms with van der Waals surface area (Å²) in [6.45, 7) is 8.80. The van der Waals surface area contributed by atoms with Gasteiger partial charge in [0.15, 0.2) is 0 Å². The Hall–Kier alpha value is -0.570. The molecule has 2 N–H and O–H groups in total. The second-order valence-corrected chi connectivity index (χ2v) is 4.58. The number of hydrogen-bond donors (Lipinski definition) is 1. The van der Waals surface area contributed by atoms with Crippen molar-refractivity contribution >= 4 is 5.91 Å². The molecule has 16 heavy (non-hydrogen) atoms. The molecule has 0 aliphatic heterocycles. The molecular formula is C13H28N2O. The van der Waals surface area contributed by atoms with E-state index in [1.807, 2.05) is 11.9 Å². The largest absolute Gasteiger partial charge is 0.342 e. The minimum Gasteiger partial charge on any atom is -0.342 e. The summed E-state index contributed by atoms with van der Waals surface area (Å²) in [4.78, 5) is 14.4. The maximum absolute atomic E-state index is 12.5. The first-order valence-electron chi connectivity index (χ1n) is 6.50. The lowest BCUT2D eigenvalue weighted by Crippen LogP contribution is -2.49. The Morgan fingerprint density at radius 3 is 1.88 bits per heavy atom. The van der Waals surface area contributed by atoms with E-state index in [0.717, 1.165) is 25.7 Å². The van der Waals surface area contributed by atoms with Crippen LogP contribution >= 0.6 is 0 Å². The van der Waals surface area contributed by atoms with Crippen molar-refractivity contribution in [2.75, 3.05) is 13.6 Å². The molecule has 0 aromatic heterocycles. The van der Waals surface area contributed by atoms with Crippen LogP contribution < -0.4 is 5.73 Å². The Balaban J connectivity index is 4.86. The molecule has 0 fully saturated rings. The normalized spacial score (nSPS) is 11.9. The van der Waals surface area contributed by atoms with Crippen LogP contribution in [0.1, 0.15) is 53.4 Å². The third-order valence-electron chi connectivity index (χ3n) is 4.01. The molecule has 0 aliphatic carbocycles. The molecule has 0 bridgehead atoms. The van der Waals surface area contributed by atoms with E-state index in [-0.39, 0.29) is 11.3 Å². The number of nitrogens with two attached hydrogens (primary N) is 1. The van der Waals surface area contributed by atoms with Crippen LogP contribution in [0.25, 0.3) is 0 Å². The molecule has 0 atom stereocenters. The van der Waals surface area contributed by atoms with Crippen molar-refractivity contribution < 1.29 is 4.79 Å². The van der Waals surface area contributed by atoms with Gasteiger partial charge in [0.05, 0.1) is 5.41 Å². The Kier molecular flexibility index (Phi) is 6.65. The number of carbonyl (C=O) groups is 1. The molecule has 0 spiro atoms. The molecule has 1 amide bonds. The first-order valence-corrected chi connectivity index (χ1v) is 6.50. The molecule has 0 aromatic carbocycles. The van der Waals surface area contributed by atoms with Gasteiger partial charge in [0, 0.05) is 19.6 Å². The van der Waals surface area contributed by atoms with Gasteiger partial charge in [0.1, 0.15) is 0 Å². The summed E-state index contributed by atoms with van der Waals surface area (Å²) in [6.07, 6.45) is 3.66. The van der Waals surface area contributed by atoms with Crippen LogP contribution in [-0.2, 0) is 4.79 Å². The van der Waals surface area contributed by atoms with E-state index in [1.165, 1.54) is 0 Å². The average Bonchev–Trinajstić information content (AvgIpc) is 2.33. The second kappa shape index (κ2) is 6.89. The van der Waals surface area contributed by atoms with Gasteiger partial charge in [0.2, 0.25) is 5.91 Å². The highest BCUT2D eigenvalue weighted by atomic mass is 16.2. The minimum atomic E-state index is -0.350. The standard InChI is InChI=1S/C13H28N2O/c1-6-11(7-2)15(5)12(16)13(8-3,9-4)10-14/h11H,6-10,14H2,1-5H3. The van der Waals surface area contributed by atoms with Crippen molar-refractivity contribution in [2.45, 2.75) is 59.4 Å². The van der Waals surface area contributed by atoms with Gasteiger partial charge >= 0.3 is 0 Å². The third kappa shape index (κ3) is 2.97. The van der Waals surface area contributed by atoms with E-state index >= 15 is 0 Å². The molecule has 0 heterocycles. The average molecular weight is 228 g/mol. The van der Waals surface area contributed by atoms with Crippen LogP contribution in [0.15, 0.2) is 0 Å². The summed E-state index contributed by atoms with van der Waals surface area (Å²) < 4.78 is 0. The molecule has 96 valence electrons. The van der Waals surface area contributed by atoms with Gasteiger partial charge in [0.25, 0.3) is 0 Å². The Morgan fingerprint density at radius 2 is 1.62 bits per heavy atom. The summed E-state index contributed by atoms with van der Waals surface area (Å²) in [5.41, 5.74) is 5.45. The van der Waals surface area contributed by atoms with Gasteiger partial charge in [-0.05, 0) is 25.7 Å². The first-order chi connectivity index (χ1) is 7.52. The van der Waals surface area contributed by atoms with Crippen LogP contribution in [0.4, 0.5) is 0 Å². The topological polar surface area (TPSA) is 46.3 Å². The third-order valence-corrected chi connectivity index (χ3v) is 4.01. The summed E-state index contributed by atoms with van der Waals surface area (Å²) in [5.74, 6) is 0.216. The molecule has 3 nitrogen and oxygen atoms in total. The maximum Gasteiger partial charge on any atom is 0.230 e. The van der Waals surface area contributed by atoms with E-state index < -0.39 is 0 Å². The van der Waals surface area contributed by atoms with Crippen LogP contribution in [0, 0.1) is 5.41 Å². The van der Waals surface area contributed by atoms with E-state index in [0.29, 0.717) is 12.6 Å². The fourth-order valence-electron chi connectivity index (χ4n) is 2.30. The molecule has 0 aromatic rings. The Morgan fingerprint density at radius 1 is 1.19 bits per heavy atom. The van der Waals surface area contributed by atoms with Gasteiger partial charge in [-0.2, -0.15) is 0 Å². The van der Waals surface area contributed by atoms with Gasteiger partial charge in [-0.3, -0.25) is 4.79 Å². The van der Waals surface area contributed by atoms with E-state index in [9.17, 15) is 4.79 Å². The number of nitrogens with zero attached hydrogens (tertiary/aromatic N) is 1. The van der Waals surface area contributed by atoms with Crippen molar-refractivity contribution in [3.05, 3.63) is 0 Å². The molecule has 0 saturated carbocycles. The van der Waals surface area contributed by atoms with Crippen molar-refractivity contribution in [3.63, 3.8) is 0 Å². The highest BCUT2D eigenvalue weighted by Gasteiger charge is 2.36. The predicted molar refractivity (Wildman–Crippen MR) is 69.2 cm³/mol. The molecule has 0 aliphatic rings. The molecular weight excluding hydrogens is 200 g/mol. The first kappa shape index (κ1) is 15.4. The monoisotopic (exact) mass is 228 g/mol. The SMILES string of the molecule is CCC(CC)N(C)C(=O)C(CC)(CC)CN. The lowest BCUT2D eigenvalue weighted by Gasteiger charge is -2.37. The quantitative estimate of drug-likeness (QED) is 0.727. The highest BCUT2D eigenvalue weighted by molar-refractivity contribution is 5.83. The summed E-state index contributed by atoms with van der Waals surface area (Å²) in [6, 6.07) is 0.344. The Bertz CT molecular complexity index is 200. The molecule has 0 unspecified atom stereocenters. The minimum absolute atomic E-state index is 0.216. The Labute approximate surface area is 100 Å². The summed E-state index contributed by atoms with van der Waals surface area (Å²) >= 11 is 0. The molecule has 0 rings (SSSR count). The number of rotatable bonds is 7. The van der Waals surface area contributed by atoms with Gasteiger partial charge < -0.3 is 10.6 Å². The van der Waals surface area contributed by atoms with E-state index in [2.05, 4.69) is 27.7 Å². The molecule has 3 heteroatoms. The van der Waals surface area contributed by atoms with E-state index in [4.69, 9.17) is 5.73 Å². The number of hydrogen-bond acceptors (Lipinski definition) is 2. The van der Waals surface area contributed by atoms with Crippen molar-refractivity contribution in [1.29, 1.82) is 0 Å². The molecule has 0 radical (unpaired) electrons. The van der Waals surface area contributed by atoms with Gasteiger partial charge in [-0.25, -0.2) is 0 Å². The van der Waals surface area contributed by atoms with Crippen molar-refractivity contribution in [1.82, 2.24) is 4.90 Å². The zero-order valence-electron chi connectivity index (χ0n) is 11.5. The summed E-state index contributed by atoms with van der Waals surface area (Å²) in [7, 11) is 1.91. The van der Waals surface area contributed by atoms with Crippen molar-refractivity contribution in [2.24, 2.45) is 11.1 Å². The van der Waals surface area contributed by atoms with Crippen LogP contribution in [0.2, 0.25) is 0 Å². The second-order valence-electron chi connectivity index (χ2n) is 4.58. The lowest BCUT2D eigenvalue weighted by atomic mass is 9.80. The maximum atomic E-state index is 12.5. The predicted octanol–water partition coefficient (Wildman–Crippen LogP) is 2.40. The fourth-order valence-corrected chi connectivity index (χ4v) is 2.30. The van der Waals surface area contributed by atoms with E-state index in [1.54, 1.807) is 0 Å². The lowest BCUT2D eigenvalue weighted by molar-refractivity contribution is -0.143. The van der Waals surface area contributed by atoms with Crippen LogP contribution in [0.3, 0.4) is 0 Å². The number of carbonyl (C=O) groups excluding carboxylic acids is 1.